The summed E-state index contributed by atoms with van der Waals surface area (Å²) in [5, 5.41) is 3.35. The lowest BCUT2D eigenvalue weighted by Gasteiger charge is -2.09. The summed E-state index contributed by atoms with van der Waals surface area (Å²) < 4.78 is 14.7. The van der Waals surface area contributed by atoms with Gasteiger partial charge in [-0.2, -0.15) is 0 Å². The molecule has 0 saturated carbocycles. The maximum absolute atomic E-state index is 13.6. The number of halogens is 3. The van der Waals surface area contributed by atoms with E-state index in [1.54, 1.807) is 18.2 Å². The number of hydrogen-bond donors (Lipinski definition) is 1. The molecule has 4 heteroatoms. The molecule has 0 aliphatic carbocycles. The van der Waals surface area contributed by atoms with Crippen LogP contribution in [0.3, 0.4) is 0 Å². The maximum Gasteiger partial charge on any atom is 0.146 e. The second-order valence-corrected chi connectivity index (χ2v) is 5.12. The van der Waals surface area contributed by atoms with Gasteiger partial charge in [0.15, 0.2) is 0 Å². The van der Waals surface area contributed by atoms with Crippen LogP contribution in [0.4, 0.5) is 10.1 Å². The molecule has 0 bridgehead atoms. The van der Waals surface area contributed by atoms with Crippen LogP contribution in [0.5, 0.6) is 0 Å². The Kier molecular flexibility index (Phi) is 4.23. The van der Waals surface area contributed by atoms with Crippen molar-refractivity contribution >= 4 is 39.9 Å². The number of para-hydroxylation sites is 1. The molecule has 1 nitrogen and oxygen atoms in total. The Bertz CT molecular complexity index is 531. The van der Waals surface area contributed by atoms with Crippen molar-refractivity contribution in [2.45, 2.75) is 6.54 Å². The molecular formula is C13H10ClFIN. The van der Waals surface area contributed by atoms with Crippen molar-refractivity contribution in [2.75, 3.05) is 5.32 Å². The zero-order chi connectivity index (χ0) is 12.3. The summed E-state index contributed by atoms with van der Waals surface area (Å²) in [6.07, 6.45) is 0. The second kappa shape index (κ2) is 5.69. The first kappa shape index (κ1) is 12.6. The third-order valence-electron chi connectivity index (χ3n) is 2.37. The molecule has 2 aromatic rings. The van der Waals surface area contributed by atoms with E-state index >= 15 is 0 Å². The van der Waals surface area contributed by atoms with Crippen LogP contribution in [0.15, 0.2) is 42.5 Å². The van der Waals surface area contributed by atoms with Crippen molar-refractivity contribution in [1.82, 2.24) is 0 Å². The van der Waals surface area contributed by atoms with Crippen LogP contribution in [0.2, 0.25) is 5.02 Å². The van der Waals surface area contributed by atoms with Crippen LogP contribution in [0, 0.1) is 9.39 Å². The molecule has 0 heterocycles. The number of nitrogens with one attached hydrogen (secondary N) is 1. The predicted octanol–water partition coefficient (Wildman–Crippen LogP) is 4.70. The van der Waals surface area contributed by atoms with E-state index in [0.29, 0.717) is 12.1 Å². The molecule has 17 heavy (non-hydrogen) atoms. The molecule has 0 amide bonds. The molecule has 88 valence electrons. The van der Waals surface area contributed by atoms with Gasteiger partial charge in [0.25, 0.3) is 0 Å². The SMILES string of the molecule is Fc1c(Cl)cccc1CNc1ccccc1I. The highest BCUT2D eigenvalue weighted by molar-refractivity contribution is 14.1. The van der Waals surface area contributed by atoms with Crippen LogP contribution in [-0.4, -0.2) is 0 Å². The Morgan fingerprint density at radius 3 is 2.65 bits per heavy atom. The molecule has 2 rings (SSSR count). The zero-order valence-electron chi connectivity index (χ0n) is 8.88. The highest BCUT2D eigenvalue weighted by atomic mass is 127. The summed E-state index contributed by atoms with van der Waals surface area (Å²) >= 11 is 7.96. The Hall–Kier alpha value is -0.810. The fourth-order valence-corrected chi connectivity index (χ4v) is 2.25. The Balaban J connectivity index is 2.13. The van der Waals surface area contributed by atoms with E-state index in [-0.39, 0.29) is 10.8 Å². The van der Waals surface area contributed by atoms with Crippen LogP contribution in [-0.2, 0) is 6.54 Å². The quantitative estimate of drug-likeness (QED) is 0.782. The van der Waals surface area contributed by atoms with E-state index < -0.39 is 0 Å². The summed E-state index contributed by atoms with van der Waals surface area (Å²) in [6.45, 7) is 0.423. The van der Waals surface area contributed by atoms with E-state index in [1.807, 2.05) is 24.3 Å². The van der Waals surface area contributed by atoms with Crippen LogP contribution in [0.1, 0.15) is 5.56 Å². The van der Waals surface area contributed by atoms with Gasteiger partial charge < -0.3 is 5.32 Å². The lowest BCUT2D eigenvalue weighted by molar-refractivity contribution is 0.613. The summed E-state index contributed by atoms with van der Waals surface area (Å²) in [4.78, 5) is 0. The van der Waals surface area contributed by atoms with E-state index in [2.05, 4.69) is 27.9 Å². The molecule has 1 N–H and O–H groups in total. The van der Waals surface area contributed by atoms with Gasteiger partial charge in [-0.1, -0.05) is 35.9 Å². The molecule has 2 aromatic carbocycles. The number of hydrogen-bond acceptors (Lipinski definition) is 1. The highest BCUT2D eigenvalue weighted by Crippen LogP contribution is 2.21. The van der Waals surface area contributed by atoms with E-state index in [1.165, 1.54) is 0 Å². The van der Waals surface area contributed by atoms with Crippen molar-refractivity contribution in [1.29, 1.82) is 0 Å². The van der Waals surface area contributed by atoms with Crippen LogP contribution >= 0.6 is 34.2 Å². The minimum absolute atomic E-state index is 0.159. The van der Waals surface area contributed by atoms with Crippen molar-refractivity contribution in [3.63, 3.8) is 0 Å². The van der Waals surface area contributed by atoms with Gasteiger partial charge in [-0.05, 0) is 40.8 Å². The monoisotopic (exact) mass is 361 g/mol. The smallest absolute Gasteiger partial charge is 0.146 e. The predicted molar refractivity (Wildman–Crippen MR) is 77.9 cm³/mol. The van der Waals surface area contributed by atoms with Gasteiger partial charge in [-0.15, -0.1) is 0 Å². The zero-order valence-corrected chi connectivity index (χ0v) is 11.8. The minimum Gasteiger partial charge on any atom is -0.380 e. The number of rotatable bonds is 3. The fraction of sp³-hybridized carbons (Fsp3) is 0.0769. The number of anilines is 1. The van der Waals surface area contributed by atoms with Gasteiger partial charge in [0, 0.05) is 21.4 Å². The van der Waals surface area contributed by atoms with E-state index in [0.717, 1.165) is 9.26 Å². The summed E-state index contributed by atoms with van der Waals surface area (Å²) in [5.41, 5.74) is 1.56. The first-order chi connectivity index (χ1) is 8.18. The van der Waals surface area contributed by atoms with Gasteiger partial charge >= 0.3 is 0 Å². The molecule has 0 spiro atoms. The average molecular weight is 362 g/mol. The molecule has 0 aliphatic rings. The van der Waals surface area contributed by atoms with Gasteiger partial charge in [-0.3, -0.25) is 0 Å². The molecular weight excluding hydrogens is 352 g/mol. The molecule has 0 aromatic heterocycles. The first-order valence-corrected chi connectivity index (χ1v) is 6.55. The topological polar surface area (TPSA) is 12.0 Å². The largest absolute Gasteiger partial charge is 0.380 e. The third-order valence-corrected chi connectivity index (χ3v) is 3.61. The Morgan fingerprint density at radius 2 is 1.88 bits per heavy atom. The molecule has 0 fully saturated rings. The molecule has 0 atom stereocenters. The number of benzene rings is 2. The summed E-state index contributed by atoms with van der Waals surface area (Å²) in [5.74, 6) is -0.354. The minimum atomic E-state index is -0.354. The Labute approximate surface area is 118 Å². The van der Waals surface area contributed by atoms with Crippen molar-refractivity contribution in [2.24, 2.45) is 0 Å². The first-order valence-electron chi connectivity index (χ1n) is 5.10. The van der Waals surface area contributed by atoms with Crippen molar-refractivity contribution in [3.05, 3.63) is 62.4 Å². The van der Waals surface area contributed by atoms with Gasteiger partial charge in [0.1, 0.15) is 5.82 Å². The second-order valence-electron chi connectivity index (χ2n) is 3.55. The normalized spacial score (nSPS) is 10.3. The standard InChI is InChI=1S/C13H10ClFIN/c14-10-5-3-4-9(13(10)15)8-17-12-7-2-1-6-11(12)16/h1-7,17H,8H2. The fourth-order valence-electron chi connectivity index (χ4n) is 1.48. The van der Waals surface area contributed by atoms with Crippen LogP contribution < -0.4 is 5.32 Å². The molecule has 0 saturated heterocycles. The molecule has 0 aliphatic heterocycles. The van der Waals surface area contributed by atoms with Gasteiger partial charge in [0.2, 0.25) is 0 Å². The summed E-state index contributed by atoms with van der Waals surface area (Å²) in [6, 6.07) is 12.9. The average Bonchev–Trinajstić information content (AvgIpc) is 2.33. The van der Waals surface area contributed by atoms with Crippen molar-refractivity contribution < 1.29 is 4.39 Å². The van der Waals surface area contributed by atoms with E-state index in [9.17, 15) is 4.39 Å². The molecule has 0 unspecified atom stereocenters. The van der Waals surface area contributed by atoms with Crippen molar-refractivity contribution in [3.8, 4) is 0 Å². The van der Waals surface area contributed by atoms with Gasteiger partial charge in [0.05, 0.1) is 5.02 Å². The van der Waals surface area contributed by atoms with Crippen LogP contribution in [0.25, 0.3) is 0 Å². The van der Waals surface area contributed by atoms with Gasteiger partial charge in [-0.25, -0.2) is 4.39 Å². The highest BCUT2D eigenvalue weighted by Gasteiger charge is 2.06. The maximum atomic E-state index is 13.6. The Morgan fingerprint density at radius 1 is 1.12 bits per heavy atom. The lowest BCUT2D eigenvalue weighted by atomic mass is 10.2. The van der Waals surface area contributed by atoms with E-state index in [4.69, 9.17) is 11.6 Å². The summed E-state index contributed by atoms with van der Waals surface area (Å²) in [7, 11) is 0. The third kappa shape index (κ3) is 3.10. The molecule has 0 radical (unpaired) electrons. The lowest BCUT2D eigenvalue weighted by Crippen LogP contribution is -2.03.